The van der Waals surface area contributed by atoms with Crippen LogP contribution in [0.5, 0.6) is 0 Å². The van der Waals surface area contributed by atoms with Crippen LogP contribution in [0.25, 0.3) is 0 Å². The first-order chi connectivity index (χ1) is 9.72. The van der Waals surface area contributed by atoms with Gasteiger partial charge < -0.3 is 5.73 Å². The average molecular weight is 345 g/mol. The molecule has 112 valence electrons. The average Bonchev–Trinajstić information content (AvgIpc) is 2.40. The Hall–Kier alpha value is -1.43. The lowest BCUT2D eigenvalue weighted by Gasteiger charge is -2.13. The predicted molar refractivity (Wildman–Crippen MR) is 87.6 cm³/mol. The number of hydrogen-bond donors (Lipinski definition) is 2. The lowest BCUT2D eigenvalue weighted by molar-refractivity contribution is 0.601. The van der Waals surface area contributed by atoms with Crippen molar-refractivity contribution in [2.45, 2.75) is 18.7 Å². The fourth-order valence-corrected chi connectivity index (χ4v) is 3.61. The molecule has 0 aliphatic rings. The predicted octanol–water partition coefficient (Wildman–Crippen LogP) is 3.99. The maximum atomic E-state index is 12.4. The Kier molecular flexibility index (Phi) is 4.37. The number of anilines is 2. The zero-order chi connectivity index (χ0) is 15.8. The monoisotopic (exact) mass is 344 g/mol. The number of halogens is 2. The van der Waals surface area contributed by atoms with Gasteiger partial charge in [-0.15, -0.1) is 0 Å². The molecular formula is C14H14Cl2N2O2S. The first-order valence-corrected chi connectivity index (χ1v) is 8.30. The van der Waals surface area contributed by atoms with Gasteiger partial charge in [-0.1, -0.05) is 35.3 Å². The van der Waals surface area contributed by atoms with Gasteiger partial charge in [0.2, 0.25) is 0 Å². The van der Waals surface area contributed by atoms with Crippen LogP contribution in [0, 0.1) is 13.8 Å². The van der Waals surface area contributed by atoms with E-state index in [9.17, 15) is 8.42 Å². The van der Waals surface area contributed by atoms with Crippen LogP contribution in [0.15, 0.2) is 35.2 Å². The van der Waals surface area contributed by atoms with Crippen LogP contribution in [0.2, 0.25) is 10.0 Å². The van der Waals surface area contributed by atoms with Crippen molar-refractivity contribution in [2.24, 2.45) is 0 Å². The second-order valence-electron chi connectivity index (χ2n) is 4.66. The number of nitrogens with one attached hydrogen (secondary N) is 1. The molecule has 0 aromatic heterocycles. The van der Waals surface area contributed by atoms with Gasteiger partial charge >= 0.3 is 0 Å². The molecule has 0 unspecified atom stereocenters. The quantitative estimate of drug-likeness (QED) is 0.826. The second kappa shape index (κ2) is 5.75. The van der Waals surface area contributed by atoms with Gasteiger partial charge in [-0.05, 0) is 43.2 Å². The molecule has 3 N–H and O–H groups in total. The van der Waals surface area contributed by atoms with Gasteiger partial charge in [-0.3, -0.25) is 4.72 Å². The highest BCUT2D eigenvalue weighted by Crippen LogP contribution is 2.30. The van der Waals surface area contributed by atoms with E-state index in [0.29, 0.717) is 27.0 Å². The molecule has 7 heteroatoms. The number of nitrogen functional groups attached to an aromatic ring is 1. The summed E-state index contributed by atoms with van der Waals surface area (Å²) in [4.78, 5) is -0.00470. The number of rotatable bonds is 3. The molecule has 0 radical (unpaired) electrons. The maximum absolute atomic E-state index is 12.4. The van der Waals surface area contributed by atoms with Crippen LogP contribution in [0.4, 0.5) is 11.4 Å². The molecule has 21 heavy (non-hydrogen) atoms. The van der Waals surface area contributed by atoms with Crippen molar-refractivity contribution in [1.82, 2.24) is 0 Å². The van der Waals surface area contributed by atoms with E-state index < -0.39 is 10.0 Å². The normalized spacial score (nSPS) is 11.4. The van der Waals surface area contributed by atoms with Crippen LogP contribution in [-0.4, -0.2) is 8.42 Å². The Morgan fingerprint density at radius 2 is 1.76 bits per heavy atom. The number of aryl methyl sites for hydroxylation is 1. The number of hydrogen-bond acceptors (Lipinski definition) is 3. The summed E-state index contributed by atoms with van der Waals surface area (Å²) in [5.41, 5.74) is 7.79. The molecule has 0 aliphatic carbocycles. The van der Waals surface area contributed by atoms with Crippen molar-refractivity contribution in [1.29, 1.82) is 0 Å². The van der Waals surface area contributed by atoms with E-state index in [4.69, 9.17) is 28.9 Å². The largest absolute Gasteiger partial charge is 0.398 e. The summed E-state index contributed by atoms with van der Waals surface area (Å²) in [5, 5.41) is 0.621. The molecule has 0 spiro atoms. The van der Waals surface area contributed by atoms with E-state index >= 15 is 0 Å². The third kappa shape index (κ3) is 3.26. The van der Waals surface area contributed by atoms with E-state index in [1.807, 2.05) is 0 Å². The zero-order valence-corrected chi connectivity index (χ0v) is 13.8. The minimum Gasteiger partial charge on any atom is -0.398 e. The van der Waals surface area contributed by atoms with Crippen molar-refractivity contribution in [3.05, 3.63) is 51.5 Å². The highest BCUT2D eigenvalue weighted by atomic mass is 35.5. The summed E-state index contributed by atoms with van der Waals surface area (Å²) in [6.45, 7) is 3.49. The topological polar surface area (TPSA) is 72.2 Å². The fourth-order valence-electron chi connectivity index (χ4n) is 1.78. The van der Waals surface area contributed by atoms with Crippen molar-refractivity contribution in [3.63, 3.8) is 0 Å². The van der Waals surface area contributed by atoms with Crippen molar-refractivity contribution in [2.75, 3.05) is 10.5 Å². The summed E-state index contributed by atoms with van der Waals surface area (Å²) >= 11 is 12.0. The number of para-hydroxylation sites is 1. The molecule has 0 fully saturated rings. The van der Waals surface area contributed by atoms with Gasteiger partial charge in [0.15, 0.2) is 0 Å². The van der Waals surface area contributed by atoms with E-state index in [2.05, 4.69) is 4.72 Å². The minimum atomic E-state index is -3.82. The zero-order valence-electron chi connectivity index (χ0n) is 11.4. The fraction of sp³-hybridized carbons (Fsp3) is 0.143. The van der Waals surface area contributed by atoms with Gasteiger partial charge in [-0.25, -0.2) is 8.42 Å². The Labute approximate surface area is 133 Å². The number of sulfonamides is 1. The molecule has 2 rings (SSSR count). The first-order valence-electron chi connectivity index (χ1n) is 6.06. The molecule has 0 saturated carbocycles. The lowest BCUT2D eigenvalue weighted by Crippen LogP contribution is -2.14. The van der Waals surface area contributed by atoms with E-state index in [1.165, 1.54) is 12.1 Å². The van der Waals surface area contributed by atoms with Crippen LogP contribution in [0.1, 0.15) is 11.1 Å². The highest BCUT2D eigenvalue weighted by Gasteiger charge is 2.19. The summed E-state index contributed by atoms with van der Waals surface area (Å²) in [6, 6.07) is 7.86. The number of benzene rings is 2. The molecular weight excluding hydrogens is 331 g/mol. The maximum Gasteiger partial charge on any atom is 0.262 e. The smallest absolute Gasteiger partial charge is 0.262 e. The van der Waals surface area contributed by atoms with Crippen LogP contribution in [0.3, 0.4) is 0 Å². The van der Waals surface area contributed by atoms with Crippen LogP contribution < -0.4 is 10.5 Å². The Morgan fingerprint density at radius 3 is 2.33 bits per heavy atom. The Bertz CT molecular complexity index is 761. The van der Waals surface area contributed by atoms with E-state index in [0.717, 1.165) is 5.56 Å². The van der Waals surface area contributed by atoms with Crippen LogP contribution >= 0.6 is 23.2 Å². The molecule has 0 bridgehead atoms. The van der Waals surface area contributed by atoms with Gasteiger partial charge in [0.25, 0.3) is 10.0 Å². The van der Waals surface area contributed by atoms with Gasteiger partial charge in [0.05, 0.1) is 15.6 Å². The molecule has 2 aromatic rings. The van der Waals surface area contributed by atoms with Gasteiger partial charge in [0, 0.05) is 10.7 Å². The molecule has 0 saturated heterocycles. The lowest BCUT2D eigenvalue weighted by atomic mass is 10.2. The van der Waals surface area contributed by atoms with E-state index in [-0.39, 0.29) is 4.90 Å². The van der Waals surface area contributed by atoms with Crippen molar-refractivity contribution in [3.8, 4) is 0 Å². The standard InChI is InChI=1S/C14H14Cl2N2O2S/c1-8-4-3-5-11(15)14(8)18-21(19,20)10-6-12(16)9(2)13(17)7-10/h3-7,18H,17H2,1-2H3. The SMILES string of the molecule is Cc1cccc(Cl)c1NS(=O)(=O)c1cc(N)c(C)c(Cl)c1. The molecule has 0 amide bonds. The minimum absolute atomic E-state index is 0.00470. The Balaban J connectivity index is 2.49. The van der Waals surface area contributed by atoms with Gasteiger partial charge in [0.1, 0.15) is 0 Å². The summed E-state index contributed by atoms with van der Waals surface area (Å²) in [5.74, 6) is 0. The first kappa shape index (κ1) is 15.9. The molecule has 2 aromatic carbocycles. The van der Waals surface area contributed by atoms with Crippen molar-refractivity contribution >= 4 is 44.6 Å². The highest BCUT2D eigenvalue weighted by molar-refractivity contribution is 7.92. The van der Waals surface area contributed by atoms with Crippen molar-refractivity contribution < 1.29 is 8.42 Å². The molecule has 4 nitrogen and oxygen atoms in total. The summed E-state index contributed by atoms with van der Waals surface area (Å²) < 4.78 is 27.3. The number of nitrogens with two attached hydrogens (primary N) is 1. The summed E-state index contributed by atoms with van der Waals surface area (Å²) in [6.07, 6.45) is 0. The summed E-state index contributed by atoms with van der Waals surface area (Å²) in [7, 11) is -3.82. The van der Waals surface area contributed by atoms with Gasteiger partial charge in [-0.2, -0.15) is 0 Å². The molecule has 0 atom stereocenters. The third-order valence-corrected chi connectivity index (χ3v) is 5.16. The molecule has 0 aliphatic heterocycles. The molecule has 0 heterocycles. The second-order valence-corrected chi connectivity index (χ2v) is 7.15. The van der Waals surface area contributed by atoms with Crippen LogP contribution in [-0.2, 0) is 10.0 Å². The Morgan fingerprint density at radius 1 is 1.10 bits per heavy atom. The third-order valence-electron chi connectivity index (χ3n) is 3.13. The van der Waals surface area contributed by atoms with E-state index in [1.54, 1.807) is 32.0 Å².